The molecule has 4 aromatic rings. The number of nitrogens with zero attached hydrogens (tertiary/aromatic N) is 2. The Balaban J connectivity index is 1.39. The first-order chi connectivity index (χ1) is 17.8. The second-order valence-corrected chi connectivity index (χ2v) is 8.98. The SMILES string of the molecule is NC(=O)c1cn(-c2ccc(Oc3ccnc4c3C3(CC3)C(=O)N4)c(F)c2)cc(-c2ccc(F)cc2)c1=O. The number of aromatic nitrogens is 2. The largest absolute Gasteiger partial charge is 0.454 e. The fourth-order valence-electron chi connectivity index (χ4n) is 4.62. The Kier molecular flexibility index (Phi) is 4.94. The van der Waals surface area contributed by atoms with Gasteiger partial charge in [-0.2, -0.15) is 0 Å². The molecule has 1 aliphatic carbocycles. The van der Waals surface area contributed by atoms with Crippen LogP contribution < -0.4 is 21.2 Å². The zero-order chi connectivity index (χ0) is 25.9. The minimum Gasteiger partial charge on any atom is -0.454 e. The second-order valence-electron chi connectivity index (χ2n) is 8.98. The Hall–Kier alpha value is -4.86. The van der Waals surface area contributed by atoms with Crippen LogP contribution in [0.4, 0.5) is 14.6 Å². The highest BCUT2D eigenvalue weighted by Crippen LogP contribution is 2.58. The van der Waals surface area contributed by atoms with E-state index in [4.69, 9.17) is 10.5 Å². The molecule has 0 saturated heterocycles. The number of rotatable bonds is 5. The summed E-state index contributed by atoms with van der Waals surface area (Å²) in [6.45, 7) is 0. The molecule has 6 rings (SSSR count). The fraction of sp³-hybridized carbons (Fsp3) is 0.111. The lowest BCUT2D eigenvalue weighted by Crippen LogP contribution is -2.24. The third-order valence-electron chi connectivity index (χ3n) is 6.69. The molecule has 8 nitrogen and oxygen atoms in total. The molecule has 2 aliphatic rings. The summed E-state index contributed by atoms with van der Waals surface area (Å²) >= 11 is 0. The smallest absolute Gasteiger partial charge is 0.254 e. The summed E-state index contributed by atoms with van der Waals surface area (Å²) < 4.78 is 35.9. The summed E-state index contributed by atoms with van der Waals surface area (Å²) in [4.78, 5) is 41.4. The standard InChI is InChI=1S/C27H18F2N4O4/c28-15-3-1-14(2-4-15)17-12-33(13-18(23(17)34)24(30)35)16-5-6-20(19(29)11-16)37-21-7-10-31-25-22(21)27(8-9-27)26(36)32-25/h1-7,10-13H,8-9H2,(H2,30,35)(H,31,32,36). The molecule has 2 aromatic heterocycles. The third-order valence-corrected chi connectivity index (χ3v) is 6.69. The number of carbonyl (C=O) groups is 2. The van der Waals surface area contributed by atoms with Crippen LogP contribution in [0.1, 0.15) is 28.8 Å². The zero-order valence-electron chi connectivity index (χ0n) is 19.1. The number of primary amides is 1. The van der Waals surface area contributed by atoms with E-state index in [9.17, 15) is 18.8 Å². The number of hydrogen-bond acceptors (Lipinski definition) is 5. The van der Waals surface area contributed by atoms with Crippen LogP contribution in [-0.4, -0.2) is 21.4 Å². The molecule has 3 heterocycles. The summed E-state index contributed by atoms with van der Waals surface area (Å²) in [5.74, 6) is -1.62. The average molecular weight is 500 g/mol. The highest BCUT2D eigenvalue weighted by molar-refractivity contribution is 6.08. The van der Waals surface area contributed by atoms with E-state index >= 15 is 4.39 Å². The molecule has 1 aliphatic heterocycles. The van der Waals surface area contributed by atoms with Gasteiger partial charge < -0.3 is 20.4 Å². The Morgan fingerprint density at radius 2 is 1.78 bits per heavy atom. The predicted octanol–water partition coefficient (Wildman–Crippen LogP) is 4.05. The van der Waals surface area contributed by atoms with Crippen molar-refractivity contribution >= 4 is 17.6 Å². The molecular weight excluding hydrogens is 482 g/mol. The number of nitrogens with two attached hydrogens (primary N) is 1. The van der Waals surface area contributed by atoms with Gasteiger partial charge in [0.15, 0.2) is 11.6 Å². The number of nitrogens with one attached hydrogen (secondary N) is 1. The summed E-state index contributed by atoms with van der Waals surface area (Å²) in [6, 6.07) is 10.9. The quantitative estimate of drug-likeness (QED) is 0.429. The van der Waals surface area contributed by atoms with E-state index in [0.29, 0.717) is 35.5 Å². The van der Waals surface area contributed by atoms with Gasteiger partial charge in [0.25, 0.3) is 5.91 Å². The van der Waals surface area contributed by atoms with Gasteiger partial charge in [-0.05, 0) is 48.7 Å². The number of anilines is 1. The van der Waals surface area contributed by atoms with E-state index < -0.39 is 28.4 Å². The number of hydrogen-bond donors (Lipinski definition) is 2. The van der Waals surface area contributed by atoms with Gasteiger partial charge in [-0.25, -0.2) is 13.8 Å². The van der Waals surface area contributed by atoms with Gasteiger partial charge >= 0.3 is 0 Å². The molecule has 0 atom stereocenters. The van der Waals surface area contributed by atoms with Crippen LogP contribution in [0.2, 0.25) is 0 Å². The lowest BCUT2D eigenvalue weighted by atomic mass is 9.98. The molecule has 1 fully saturated rings. The number of benzene rings is 2. The fourth-order valence-corrected chi connectivity index (χ4v) is 4.62. The molecule has 0 radical (unpaired) electrons. The lowest BCUT2D eigenvalue weighted by molar-refractivity contribution is -0.117. The number of pyridine rings is 2. The highest BCUT2D eigenvalue weighted by Gasteiger charge is 2.58. The van der Waals surface area contributed by atoms with Gasteiger partial charge in [0.2, 0.25) is 11.3 Å². The van der Waals surface area contributed by atoms with Crippen molar-refractivity contribution in [3.63, 3.8) is 0 Å². The van der Waals surface area contributed by atoms with Crippen molar-refractivity contribution in [2.75, 3.05) is 5.32 Å². The maximum atomic E-state index is 15.2. The molecule has 0 unspecified atom stereocenters. The van der Waals surface area contributed by atoms with Crippen molar-refractivity contribution < 1.29 is 23.1 Å². The van der Waals surface area contributed by atoms with Gasteiger partial charge in [0.1, 0.15) is 22.9 Å². The maximum absolute atomic E-state index is 15.2. The highest BCUT2D eigenvalue weighted by atomic mass is 19.1. The Bertz CT molecular complexity index is 1680. The van der Waals surface area contributed by atoms with Gasteiger partial charge in [0, 0.05) is 35.9 Å². The predicted molar refractivity (Wildman–Crippen MR) is 130 cm³/mol. The molecule has 3 N–H and O–H groups in total. The molecule has 10 heteroatoms. The molecule has 2 aromatic carbocycles. The number of ether oxygens (including phenoxy) is 1. The van der Waals surface area contributed by atoms with Crippen molar-refractivity contribution in [1.82, 2.24) is 9.55 Å². The number of halogens is 2. The van der Waals surface area contributed by atoms with Crippen LogP contribution in [0.5, 0.6) is 11.5 Å². The minimum absolute atomic E-state index is 0.0813. The first kappa shape index (κ1) is 22.6. The van der Waals surface area contributed by atoms with Gasteiger partial charge in [0.05, 0.1) is 11.0 Å². The van der Waals surface area contributed by atoms with Gasteiger partial charge in [-0.1, -0.05) is 12.1 Å². The molecular formula is C27H18F2N4O4. The second kappa shape index (κ2) is 8.09. The van der Waals surface area contributed by atoms with E-state index in [-0.39, 0.29) is 28.5 Å². The molecule has 1 spiro atoms. The van der Waals surface area contributed by atoms with Crippen molar-refractivity contribution in [3.05, 3.63) is 100 Å². The van der Waals surface area contributed by atoms with E-state index in [2.05, 4.69) is 10.3 Å². The van der Waals surface area contributed by atoms with E-state index in [1.54, 1.807) is 12.1 Å². The molecule has 1 saturated carbocycles. The van der Waals surface area contributed by atoms with E-state index in [1.165, 1.54) is 59.6 Å². The van der Waals surface area contributed by atoms with Crippen LogP contribution in [0.25, 0.3) is 16.8 Å². The van der Waals surface area contributed by atoms with Gasteiger partial charge in [-0.15, -0.1) is 0 Å². The van der Waals surface area contributed by atoms with Crippen LogP contribution in [0.3, 0.4) is 0 Å². The average Bonchev–Trinajstić information content (AvgIpc) is 3.62. The Labute approximate surface area is 208 Å². The minimum atomic E-state index is -0.952. The van der Waals surface area contributed by atoms with Crippen molar-refractivity contribution in [2.24, 2.45) is 5.73 Å². The molecule has 0 bridgehead atoms. The topological polar surface area (TPSA) is 116 Å². The summed E-state index contributed by atoms with van der Waals surface area (Å²) in [7, 11) is 0. The first-order valence-corrected chi connectivity index (χ1v) is 11.4. The van der Waals surface area contributed by atoms with E-state index in [0.717, 1.165) is 0 Å². The first-order valence-electron chi connectivity index (χ1n) is 11.4. The van der Waals surface area contributed by atoms with Crippen molar-refractivity contribution in [3.8, 4) is 28.3 Å². The summed E-state index contributed by atoms with van der Waals surface area (Å²) in [5, 5.41) is 2.75. The zero-order valence-corrected chi connectivity index (χ0v) is 19.1. The van der Waals surface area contributed by atoms with Crippen molar-refractivity contribution in [2.45, 2.75) is 18.3 Å². The molecule has 37 heavy (non-hydrogen) atoms. The van der Waals surface area contributed by atoms with Crippen LogP contribution in [0, 0.1) is 11.6 Å². The van der Waals surface area contributed by atoms with E-state index in [1.807, 2.05) is 0 Å². The van der Waals surface area contributed by atoms with Crippen LogP contribution in [0.15, 0.2) is 71.9 Å². The normalized spacial score (nSPS) is 14.8. The maximum Gasteiger partial charge on any atom is 0.254 e. The van der Waals surface area contributed by atoms with Crippen LogP contribution >= 0.6 is 0 Å². The lowest BCUT2D eigenvalue weighted by Gasteiger charge is -2.15. The summed E-state index contributed by atoms with van der Waals surface area (Å²) in [6.07, 6.45) is 5.45. The summed E-state index contributed by atoms with van der Waals surface area (Å²) in [5.41, 5.74) is 5.18. The van der Waals surface area contributed by atoms with Crippen LogP contribution in [-0.2, 0) is 10.2 Å². The third kappa shape index (κ3) is 3.65. The Morgan fingerprint density at radius 1 is 1.03 bits per heavy atom. The number of fused-ring (bicyclic) bond motifs is 2. The molecule has 2 amide bonds. The van der Waals surface area contributed by atoms with Gasteiger partial charge in [-0.3, -0.25) is 14.4 Å². The Morgan fingerprint density at radius 3 is 2.46 bits per heavy atom. The van der Waals surface area contributed by atoms with Crippen molar-refractivity contribution in [1.29, 1.82) is 0 Å². The number of carbonyl (C=O) groups excluding carboxylic acids is 2. The monoisotopic (exact) mass is 500 g/mol. The number of amides is 2. The molecule has 184 valence electrons.